The van der Waals surface area contributed by atoms with Gasteiger partial charge in [-0.2, -0.15) is 36.9 Å². The monoisotopic (exact) mass is 1280 g/mol. The van der Waals surface area contributed by atoms with Gasteiger partial charge in [-0.05, 0) is 100.0 Å². The molecular weight excluding hydrogens is 1220 g/mol. The highest BCUT2D eigenvalue weighted by molar-refractivity contribution is 14.0. The molecule has 0 fully saturated rings. The largest absolute Gasteiger partial charge is 0.416 e. The number of anilines is 2. The third-order valence-electron chi connectivity index (χ3n) is 14.8. The van der Waals surface area contributed by atoms with Crippen LogP contribution < -0.4 is 20.4 Å². The van der Waals surface area contributed by atoms with Gasteiger partial charge in [0.15, 0.2) is 0 Å². The summed E-state index contributed by atoms with van der Waals surface area (Å²) in [5.41, 5.74) is -0.630. The fourth-order valence-electron chi connectivity index (χ4n) is 10.4. The Morgan fingerprint density at radius 1 is 0.595 bits per heavy atom. The predicted molar refractivity (Wildman–Crippen MR) is 307 cm³/mol. The predicted octanol–water partition coefficient (Wildman–Crippen LogP) is 6.38. The smallest absolute Gasteiger partial charge is 0.349 e. The number of rotatable bonds is 20. The number of halogens is 7. The van der Waals surface area contributed by atoms with E-state index in [0.717, 1.165) is 56.0 Å². The Balaban J connectivity index is 0.0000101. The van der Waals surface area contributed by atoms with Crippen molar-refractivity contribution in [3.8, 4) is 12.1 Å². The van der Waals surface area contributed by atoms with Gasteiger partial charge >= 0.3 is 24.4 Å². The second-order valence-electron chi connectivity index (χ2n) is 21.7. The molecular formula is C58H63F6IN13O6+. The quantitative estimate of drug-likeness (QED) is 0.0569. The minimum Gasteiger partial charge on any atom is -0.349 e. The van der Waals surface area contributed by atoms with Crippen LogP contribution in [-0.4, -0.2) is 190 Å². The van der Waals surface area contributed by atoms with Crippen molar-refractivity contribution in [3.05, 3.63) is 153 Å². The van der Waals surface area contributed by atoms with Gasteiger partial charge in [0.1, 0.15) is 13.1 Å². The second-order valence-corrected chi connectivity index (χ2v) is 21.7. The van der Waals surface area contributed by atoms with Crippen molar-refractivity contribution in [1.82, 2.24) is 40.0 Å². The molecule has 8 rings (SSSR count). The van der Waals surface area contributed by atoms with Gasteiger partial charge in [0.05, 0.1) is 134 Å². The van der Waals surface area contributed by atoms with E-state index in [-0.39, 0.29) is 126 Å². The maximum absolute atomic E-state index is 14.9. The van der Waals surface area contributed by atoms with E-state index in [0.29, 0.717) is 24.2 Å². The zero-order chi connectivity index (χ0) is 60.3. The van der Waals surface area contributed by atoms with Crippen LogP contribution in [0.15, 0.2) is 120 Å². The molecule has 444 valence electrons. The third-order valence-corrected chi connectivity index (χ3v) is 14.8. The molecule has 4 aliphatic rings. The number of nitriles is 2. The molecule has 19 nitrogen and oxygen atoms in total. The normalized spacial score (nSPS) is 17.5. The van der Waals surface area contributed by atoms with Crippen LogP contribution in [0.4, 0.5) is 47.3 Å². The van der Waals surface area contributed by atoms with Gasteiger partial charge in [-0.15, -0.1) is 24.0 Å². The van der Waals surface area contributed by atoms with Gasteiger partial charge in [0, 0.05) is 26.2 Å². The number of benzene rings is 4. The van der Waals surface area contributed by atoms with E-state index in [4.69, 9.17) is 0 Å². The molecule has 0 aromatic heterocycles. The molecule has 0 spiro atoms. The van der Waals surface area contributed by atoms with E-state index in [9.17, 15) is 65.6 Å². The number of hydrogen-bond acceptors (Lipinski definition) is 10. The Bertz CT molecular complexity index is 3120. The van der Waals surface area contributed by atoms with Crippen molar-refractivity contribution >= 4 is 71.0 Å². The number of nitrogens with zero attached hydrogens (tertiary/aromatic N) is 11. The van der Waals surface area contributed by atoms with Gasteiger partial charge in [-0.1, -0.05) is 36.4 Å². The van der Waals surface area contributed by atoms with Crippen LogP contribution in [-0.2, 0) is 31.5 Å². The topological polar surface area (TPSA) is 200 Å². The molecule has 4 aliphatic heterocycles. The maximum atomic E-state index is 14.9. The zero-order valence-electron chi connectivity index (χ0n) is 46.9. The number of quaternary nitrogens is 1. The first-order chi connectivity index (χ1) is 39.2. The van der Waals surface area contributed by atoms with Gasteiger partial charge in [0.2, 0.25) is 11.8 Å². The van der Waals surface area contributed by atoms with Crippen LogP contribution in [0.1, 0.15) is 45.5 Å². The molecule has 2 N–H and O–H groups in total. The third kappa shape index (κ3) is 14.0. The molecule has 8 amide bonds. The van der Waals surface area contributed by atoms with E-state index in [1.54, 1.807) is 52.5 Å². The molecule has 26 heteroatoms. The van der Waals surface area contributed by atoms with Crippen molar-refractivity contribution < 1.29 is 59.6 Å². The van der Waals surface area contributed by atoms with Crippen LogP contribution in [0.3, 0.4) is 0 Å². The van der Waals surface area contributed by atoms with Crippen molar-refractivity contribution in [2.45, 2.75) is 24.4 Å². The number of alkyl halides is 6. The lowest BCUT2D eigenvalue weighted by molar-refractivity contribution is -0.887. The van der Waals surface area contributed by atoms with Crippen molar-refractivity contribution in [3.63, 3.8) is 0 Å². The summed E-state index contributed by atoms with van der Waals surface area (Å²) in [6, 6.07) is 20.4. The molecule has 84 heavy (non-hydrogen) atoms. The summed E-state index contributed by atoms with van der Waals surface area (Å²) < 4.78 is 84.9. The summed E-state index contributed by atoms with van der Waals surface area (Å²) in [7, 11) is 10.9. The number of carbonyl (C=O) groups is 6. The van der Waals surface area contributed by atoms with Crippen molar-refractivity contribution in [1.29, 1.82) is 10.5 Å². The van der Waals surface area contributed by atoms with Crippen LogP contribution >= 0.6 is 24.0 Å². The minimum absolute atomic E-state index is 0. The van der Waals surface area contributed by atoms with Crippen LogP contribution in [0.2, 0.25) is 0 Å². The average molecular weight is 1280 g/mol. The minimum atomic E-state index is -4.78. The fourth-order valence-corrected chi connectivity index (χ4v) is 10.4. The van der Waals surface area contributed by atoms with Crippen LogP contribution in [0.25, 0.3) is 0 Å². The lowest BCUT2D eigenvalue weighted by atomic mass is 9.92. The molecule has 0 radical (unpaired) electrons. The van der Waals surface area contributed by atoms with Crippen LogP contribution in [0.5, 0.6) is 0 Å². The summed E-state index contributed by atoms with van der Waals surface area (Å²) in [5, 5.41) is 24.8. The first-order valence-electron chi connectivity index (χ1n) is 26.5. The van der Waals surface area contributed by atoms with Crippen molar-refractivity contribution in [2.75, 3.05) is 131 Å². The number of carbonyl (C=O) groups excluding carboxylic acids is 6. The number of hydrogen-bond donors (Lipinski definition) is 2. The molecule has 0 bridgehead atoms. The molecule has 0 aliphatic carbocycles. The summed E-state index contributed by atoms with van der Waals surface area (Å²) >= 11 is 0. The Morgan fingerprint density at radius 2 is 0.952 bits per heavy atom. The lowest BCUT2D eigenvalue weighted by Crippen LogP contribution is -2.55. The van der Waals surface area contributed by atoms with Gasteiger partial charge in [-0.3, -0.25) is 29.0 Å². The first-order valence-corrected chi connectivity index (χ1v) is 26.5. The Hall–Kier alpha value is -8.05. The van der Waals surface area contributed by atoms with Crippen molar-refractivity contribution in [2.24, 2.45) is 0 Å². The summed E-state index contributed by atoms with van der Waals surface area (Å²) in [4.78, 5) is 97.9. The summed E-state index contributed by atoms with van der Waals surface area (Å²) in [6.45, 7) is 0.285. The Kier molecular flexibility index (Phi) is 19.5. The highest BCUT2D eigenvalue weighted by atomic mass is 127. The second kappa shape index (κ2) is 25.8. The van der Waals surface area contributed by atoms with Gasteiger partial charge in [0.25, 0.3) is 11.8 Å². The molecule has 0 saturated heterocycles. The summed E-state index contributed by atoms with van der Waals surface area (Å²) in [6.07, 6.45) is -9.55. The number of nitrogens with one attached hydrogen (secondary N) is 2. The molecule has 4 heterocycles. The van der Waals surface area contributed by atoms with E-state index >= 15 is 0 Å². The average Bonchev–Trinajstić information content (AvgIpc) is 1.58. The number of urea groups is 2. The standard InChI is InChI=1S/C58H61F6N13O6.HI/c1-69(2)23-25-71-33-45-49(53(71)80)51(39-17-13-37(31-65)14-18-39)73(55(82)75(45)43-11-7-9-41(29-43)57(59,60)61)35-47(78)67-21-27-77(5,6)28-22-68-48(79)36-74-52(40-19-15-38(32-66)16-20-40)50-46(34-72(54(50)81)26-24-70(3)4)76(56(74)83)44-12-8-10-42(30-44)58(62,63)64;/h7-20,29-30,51-52H,21-28,33-36H2,1-6H3,(H-,67,68,78,79);1H/p+1/t51-,52-;/m1./s1. The zero-order valence-corrected chi connectivity index (χ0v) is 49.3. The highest BCUT2D eigenvalue weighted by Crippen LogP contribution is 2.46. The number of amides is 8. The van der Waals surface area contributed by atoms with E-state index in [1.807, 2.05) is 36.0 Å². The summed E-state index contributed by atoms with van der Waals surface area (Å²) in [5.74, 6) is -2.31. The fraction of sp³-hybridized carbons (Fsp3) is 0.379. The van der Waals surface area contributed by atoms with E-state index in [1.165, 1.54) is 46.2 Å². The number of likely N-dealkylation sites (N-methyl/N-ethyl adjacent to an activating group) is 3. The molecule has 0 unspecified atom stereocenters. The SMILES string of the molecule is CN(C)CCN1CC2=C(C1=O)[C@@H](c1ccc(C#N)cc1)N(CC(=O)NCC[N+](C)(C)CCNC(=O)CN1C(=O)N(c3cccc(C(F)(F)F)c3)C3=C(C(=O)N(CCN(C)C)C3)[C@H]1c1ccc(C#N)cc1)C(=O)N2c1cccc(C(F)(F)F)c1.I. The van der Waals surface area contributed by atoms with E-state index in [2.05, 4.69) is 10.6 Å². The van der Waals surface area contributed by atoms with E-state index < -0.39 is 84.3 Å². The molecule has 0 saturated carbocycles. The van der Waals surface area contributed by atoms with Gasteiger partial charge in [-0.25, -0.2) is 9.59 Å². The Labute approximate surface area is 499 Å². The molecule has 2 atom stereocenters. The molecule has 4 aromatic rings. The van der Waals surface area contributed by atoms with Crippen LogP contribution in [0, 0.1) is 22.7 Å². The highest BCUT2D eigenvalue weighted by Gasteiger charge is 2.51. The maximum Gasteiger partial charge on any atom is 0.416 e. The molecule has 4 aromatic carbocycles. The first kappa shape index (κ1) is 63.5. The Morgan fingerprint density at radius 3 is 1.27 bits per heavy atom. The van der Waals surface area contributed by atoms with Gasteiger partial charge < -0.3 is 44.5 Å². The lowest BCUT2D eigenvalue weighted by Gasteiger charge is -2.41.